The smallest absolute Gasteiger partial charge is 0.255 e. The van der Waals surface area contributed by atoms with Gasteiger partial charge in [-0.15, -0.1) is 0 Å². The lowest BCUT2D eigenvalue weighted by molar-refractivity contribution is -0.121. The minimum absolute atomic E-state index is 0.00675. The first kappa shape index (κ1) is 19.5. The number of benzene rings is 1. The fourth-order valence-electron chi connectivity index (χ4n) is 2.10. The Labute approximate surface area is 152 Å². The van der Waals surface area contributed by atoms with Gasteiger partial charge in [0.1, 0.15) is 10.6 Å². The van der Waals surface area contributed by atoms with Crippen molar-refractivity contribution in [2.45, 2.75) is 11.8 Å². The molecule has 1 N–H and O–H groups in total. The maximum absolute atomic E-state index is 12.7. The number of likely N-dealkylation sites (N-methyl/N-ethyl adjacent to an activating group) is 1. The van der Waals surface area contributed by atoms with E-state index in [0.29, 0.717) is 5.69 Å². The largest absolute Gasteiger partial charge is 0.495 e. The van der Waals surface area contributed by atoms with Gasteiger partial charge in [-0.05, 0) is 36.8 Å². The van der Waals surface area contributed by atoms with Gasteiger partial charge in [-0.3, -0.25) is 9.78 Å². The molecule has 1 heterocycles. The summed E-state index contributed by atoms with van der Waals surface area (Å²) >= 11 is 0. The maximum Gasteiger partial charge on any atom is 0.255 e. The summed E-state index contributed by atoms with van der Waals surface area (Å²) in [5.74, 6) is -0.356. The quantitative estimate of drug-likeness (QED) is 0.577. The highest BCUT2D eigenvalue weighted by molar-refractivity contribution is 7.89. The van der Waals surface area contributed by atoms with Crippen molar-refractivity contribution in [3.63, 3.8) is 0 Å². The average Bonchev–Trinajstić information content (AvgIpc) is 2.62. The van der Waals surface area contributed by atoms with E-state index in [-0.39, 0.29) is 17.2 Å². The highest BCUT2D eigenvalue weighted by Crippen LogP contribution is 2.26. The predicted octanol–water partition coefficient (Wildman–Crippen LogP) is 1.17. The van der Waals surface area contributed by atoms with Gasteiger partial charge in [-0.25, -0.2) is 13.8 Å². The molecular weight excluding hydrogens is 356 g/mol. The number of pyridine rings is 1. The van der Waals surface area contributed by atoms with E-state index in [1.165, 1.54) is 26.4 Å². The van der Waals surface area contributed by atoms with Crippen LogP contribution in [-0.2, 0) is 14.8 Å². The van der Waals surface area contributed by atoms with Crippen molar-refractivity contribution >= 4 is 22.1 Å². The molecule has 8 nitrogen and oxygen atoms in total. The summed E-state index contributed by atoms with van der Waals surface area (Å²) in [6.45, 7) is 1.39. The second-order valence-corrected chi connectivity index (χ2v) is 7.48. The third kappa shape index (κ3) is 4.87. The highest BCUT2D eigenvalue weighted by atomic mass is 32.2. The number of carbonyl (C=O) groups is 1. The lowest BCUT2D eigenvalue weighted by Crippen LogP contribution is -2.36. The number of hydrogen-bond acceptors (Lipinski definition) is 6. The van der Waals surface area contributed by atoms with E-state index in [2.05, 4.69) is 15.5 Å². The zero-order chi connectivity index (χ0) is 19.2. The van der Waals surface area contributed by atoms with E-state index in [0.717, 1.165) is 9.87 Å². The van der Waals surface area contributed by atoms with E-state index >= 15 is 0 Å². The van der Waals surface area contributed by atoms with Crippen LogP contribution < -0.4 is 10.2 Å². The number of aryl methyl sites for hydroxylation is 1. The van der Waals surface area contributed by atoms with Crippen LogP contribution in [0.5, 0.6) is 5.75 Å². The fraction of sp³-hybridized carbons (Fsp3) is 0.235. The monoisotopic (exact) mass is 376 g/mol. The van der Waals surface area contributed by atoms with Crippen molar-refractivity contribution in [2.24, 2.45) is 5.10 Å². The van der Waals surface area contributed by atoms with Crippen molar-refractivity contribution in [1.82, 2.24) is 14.7 Å². The topological polar surface area (TPSA) is 101 Å². The number of rotatable bonds is 7. The van der Waals surface area contributed by atoms with Crippen LogP contribution in [0.15, 0.2) is 52.6 Å². The van der Waals surface area contributed by atoms with E-state index < -0.39 is 15.9 Å². The Morgan fingerprint density at radius 3 is 2.77 bits per heavy atom. The molecule has 1 amide bonds. The molecule has 0 saturated heterocycles. The number of hydrogen-bond donors (Lipinski definition) is 1. The number of aromatic nitrogens is 1. The average molecular weight is 376 g/mol. The molecule has 26 heavy (non-hydrogen) atoms. The van der Waals surface area contributed by atoms with Gasteiger partial charge in [0.15, 0.2) is 0 Å². The predicted molar refractivity (Wildman–Crippen MR) is 97.5 cm³/mol. The number of methoxy groups -OCH3 is 1. The summed E-state index contributed by atoms with van der Waals surface area (Å²) in [5, 5.41) is 3.76. The van der Waals surface area contributed by atoms with Gasteiger partial charge < -0.3 is 4.74 Å². The summed E-state index contributed by atoms with van der Waals surface area (Å²) in [6.07, 6.45) is 2.97. The Bertz CT molecular complexity index is 898. The second-order valence-electron chi connectivity index (χ2n) is 5.46. The minimum Gasteiger partial charge on any atom is -0.495 e. The number of amides is 1. The maximum atomic E-state index is 12.7. The molecule has 2 aromatic rings. The van der Waals surface area contributed by atoms with E-state index in [4.69, 9.17) is 4.74 Å². The van der Waals surface area contributed by atoms with Gasteiger partial charge in [-0.1, -0.05) is 12.1 Å². The molecule has 0 aliphatic rings. The standard InChI is InChI=1S/C17H20N4O4S/c1-13-7-8-15(25-3)16(10-13)26(23,24)21(2)12-17(22)20-19-11-14-6-4-5-9-18-14/h4-11H,12H2,1-3H3,(H,20,22). The summed E-state index contributed by atoms with van der Waals surface area (Å²) in [7, 11) is -1.18. The number of hydrazone groups is 1. The van der Waals surface area contributed by atoms with Crippen molar-refractivity contribution < 1.29 is 17.9 Å². The number of ether oxygens (including phenoxy) is 1. The Morgan fingerprint density at radius 1 is 1.35 bits per heavy atom. The third-order valence-electron chi connectivity index (χ3n) is 3.45. The molecule has 0 atom stereocenters. The molecule has 0 aliphatic heterocycles. The molecule has 0 fully saturated rings. The van der Waals surface area contributed by atoms with Crippen LogP contribution in [0.3, 0.4) is 0 Å². The van der Waals surface area contributed by atoms with Crippen LogP contribution in [0.4, 0.5) is 0 Å². The summed E-state index contributed by atoms with van der Waals surface area (Å²) in [5.41, 5.74) is 3.61. The van der Waals surface area contributed by atoms with Gasteiger partial charge in [-0.2, -0.15) is 9.41 Å². The minimum atomic E-state index is -3.89. The van der Waals surface area contributed by atoms with Crippen LogP contribution in [-0.4, -0.2) is 50.5 Å². The first-order valence-corrected chi connectivity index (χ1v) is 9.12. The van der Waals surface area contributed by atoms with E-state index in [9.17, 15) is 13.2 Å². The molecule has 0 spiro atoms. The van der Waals surface area contributed by atoms with Crippen LogP contribution in [0.25, 0.3) is 0 Å². The summed E-state index contributed by atoms with van der Waals surface area (Å²) in [6, 6.07) is 10.1. The molecular formula is C17H20N4O4S. The van der Waals surface area contributed by atoms with Gasteiger partial charge in [0.2, 0.25) is 10.0 Å². The molecule has 138 valence electrons. The molecule has 0 radical (unpaired) electrons. The van der Waals surface area contributed by atoms with Crippen LogP contribution in [0.1, 0.15) is 11.3 Å². The van der Waals surface area contributed by atoms with Crippen molar-refractivity contribution in [3.8, 4) is 5.75 Å². The van der Waals surface area contributed by atoms with Gasteiger partial charge in [0.05, 0.1) is 25.6 Å². The third-order valence-corrected chi connectivity index (χ3v) is 5.27. The van der Waals surface area contributed by atoms with Gasteiger partial charge in [0, 0.05) is 13.2 Å². The fourth-order valence-corrected chi connectivity index (χ4v) is 3.46. The second kappa shape index (κ2) is 8.54. The first-order valence-electron chi connectivity index (χ1n) is 7.68. The number of nitrogens with zero attached hydrogens (tertiary/aromatic N) is 3. The molecule has 0 unspecified atom stereocenters. The first-order chi connectivity index (χ1) is 12.3. The van der Waals surface area contributed by atoms with Crippen molar-refractivity contribution in [2.75, 3.05) is 20.7 Å². The zero-order valence-corrected chi connectivity index (χ0v) is 15.5. The molecule has 1 aromatic heterocycles. The number of nitrogens with one attached hydrogen (secondary N) is 1. The molecule has 2 rings (SSSR count). The zero-order valence-electron chi connectivity index (χ0n) is 14.7. The van der Waals surface area contributed by atoms with Crippen molar-refractivity contribution in [1.29, 1.82) is 0 Å². The highest BCUT2D eigenvalue weighted by Gasteiger charge is 2.26. The lowest BCUT2D eigenvalue weighted by Gasteiger charge is -2.18. The van der Waals surface area contributed by atoms with E-state index in [1.807, 2.05) is 0 Å². The van der Waals surface area contributed by atoms with Crippen molar-refractivity contribution in [3.05, 3.63) is 53.9 Å². The number of carbonyl (C=O) groups excluding carboxylic acids is 1. The Hall–Kier alpha value is -2.78. The number of sulfonamides is 1. The Balaban J connectivity index is 2.06. The van der Waals surface area contributed by atoms with Gasteiger partial charge >= 0.3 is 0 Å². The Morgan fingerprint density at radius 2 is 2.12 bits per heavy atom. The SMILES string of the molecule is COc1ccc(C)cc1S(=O)(=O)N(C)CC(=O)NN=Cc1ccccn1. The Kier molecular flexibility index (Phi) is 6.42. The summed E-state index contributed by atoms with van der Waals surface area (Å²) < 4.78 is 31.5. The molecule has 0 aliphatic carbocycles. The molecule has 9 heteroatoms. The van der Waals surface area contributed by atoms with Crippen LogP contribution in [0, 0.1) is 6.92 Å². The molecule has 1 aromatic carbocycles. The van der Waals surface area contributed by atoms with E-state index in [1.54, 1.807) is 43.5 Å². The molecule has 0 bridgehead atoms. The lowest BCUT2D eigenvalue weighted by atomic mass is 10.2. The summed E-state index contributed by atoms with van der Waals surface area (Å²) in [4.78, 5) is 16.0. The van der Waals surface area contributed by atoms with Gasteiger partial charge in [0.25, 0.3) is 5.91 Å². The normalized spacial score (nSPS) is 11.7. The molecule has 0 saturated carbocycles. The van der Waals surface area contributed by atoms with Crippen LogP contribution in [0.2, 0.25) is 0 Å². The van der Waals surface area contributed by atoms with Crippen LogP contribution >= 0.6 is 0 Å².